The van der Waals surface area contributed by atoms with Gasteiger partial charge in [-0.2, -0.15) is 0 Å². The number of quaternary nitrogens is 1. The molecule has 0 radical (unpaired) electrons. The van der Waals surface area contributed by atoms with Gasteiger partial charge >= 0.3 is 17.9 Å². The Bertz CT molecular complexity index is 1250. The van der Waals surface area contributed by atoms with Gasteiger partial charge in [0, 0.05) is 19.3 Å². The van der Waals surface area contributed by atoms with Gasteiger partial charge in [0.25, 0.3) is 0 Å². The second kappa shape index (κ2) is 47.5. The molecule has 0 saturated carbocycles. The molecule has 0 aliphatic carbocycles. The van der Waals surface area contributed by atoms with Crippen LogP contribution in [0, 0.1) is 0 Å². The van der Waals surface area contributed by atoms with E-state index in [2.05, 4.69) is 74.6 Å². The van der Waals surface area contributed by atoms with Crippen LogP contribution in [0.1, 0.15) is 232 Å². The van der Waals surface area contributed by atoms with Crippen molar-refractivity contribution in [2.45, 2.75) is 244 Å². The van der Waals surface area contributed by atoms with Gasteiger partial charge in [-0.3, -0.25) is 9.59 Å². The Labute approximate surface area is 400 Å². The van der Waals surface area contributed by atoms with Crippen LogP contribution in [0.2, 0.25) is 0 Å². The third kappa shape index (κ3) is 46.0. The molecule has 0 aromatic carbocycles. The van der Waals surface area contributed by atoms with Gasteiger partial charge in [-0.1, -0.05) is 197 Å². The lowest BCUT2D eigenvalue weighted by Gasteiger charge is -2.31. The van der Waals surface area contributed by atoms with Crippen LogP contribution in [-0.4, -0.2) is 80.6 Å². The molecule has 376 valence electrons. The molecule has 0 amide bonds. The molecule has 0 fully saturated rings. The number of carboxylic acid groups (broad SMARTS) is 1. The van der Waals surface area contributed by atoms with Crippen molar-refractivity contribution in [1.29, 1.82) is 0 Å². The summed E-state index contributed by atoms with van der Waals surface area (Å²) in [6.07, 6.45) is 59.8. The van der Waals surface area contributed by atoms with E-state index in [4.69, 9.17) is 14.2 Å². The number of carbonyl (C=O) groups is 3. The minimum absolute atomic E-state index is 0.0563. The highest BCUT2D eigenvalue weighted by molar-refractivity contribution is 5.72. The number of carboxylic acids is 1. The van der Waals surface area contributed by atoms with E-state index in [0.29, 0.717) is 19.3 Å². The molecule has 0 aliphatic heterocycles. The minimum atomic E-state index is -0.876. The number of allylic oxidation sites excluding steroid dienone is 10. The first kappa shape index (κ1) is 62.0. The smallest absolute Gasteiger partial charge is 0.362 e. The molecule has 0 aromatic heterocycles. The number of unbranched alkanes of at least 4 members (excludes halogenated alkanes) is 24. The van der Waals surface area contributed by atoms with E-state index in [-0.39, 0.29) is 36.2 Å². The highest BCUT2D eigenvalue weighted by atomic mass is 16.6. The zero-order chi connectivity index (χ0) is 47.7. The standard InChI is InChI=1S/C57H101NO7/c1-6-8-10-12-14-16-18-20-22-24-26-27-28-30-32-34-36-38-40-42-44-46-48-56(60)65-53(51-63-50-49-54(57(61)62)58(3,4)5)52-64-55(59)47-45-43-41-39-37-35-33-31-29-25-23-21-19-17-15-13-11-9-7-2/h8,10,14,16,20,22,25-27,29,53-54H,6-7,9,11-13,15,17-19,21,23-24,28,30-52H2,1-5H3/p+1/b10-8+,16-14+,22-20+,27-26+,29-25+. The Morgan fingerprint density at radius 2 is 0.862 bits per heavy atom. The first-order valence-corrected chi connectivity index (χ1v) is 26.8. The van der Waals surface area contributed by atoms with Gasteiger partial charge < -0.3 is 23.8 Å². The fraction of sp³-hybridized carbons (Fsp3) is 0.772. The molecule has 0 saturated heterocycles. The molecule has 0 aromatic rings. The number of hydrogen-bond donors (Lipinski definition) is 1. The average Bonchev–Trinajstić information content (AvgIpc) is 3.27. The molecular weight excluding hydrogens is 811 g/mol. The SMILES string of the molecule is CC/C=C/C/C=C/C/C=C/C/C=C/CCCCCCCCCCCC(=O)OC(COCCC(C(=O)O)[N+](C)(C)C)COC(=O)CCCCCCCCC/C=C/CCCCCCCCCC. The van der Waals surface area contributed by atoms with E-state index in [1.807, 2.05) is 21.1 Å². The number of carbonyl (C=O) groups excluding carboxylic acids is 2. The van der Waals surface area contributed by atoms with Gasteiger partial charge in [-0.15, -0.1) is 0 Å². The summed E-state index contributed by atoms with van der Waals surface area (Å²) >= 11 is 0. The van der Waals surface area contributed by atoms with Crippen molar-refractivity contribution in [3.8, 4) is 0 Å². The number of nitrogens with zero attached hydrogens (tertiary/aromatic N) is 1. The normalized spacial score (nSPS) is 13.3. The first-order chi connectivity index (χ1) is 31.6. The van der Waals surface area contributed by atoms with Crippen LogP contribution in [0.4, 0.5) is 0 Å². The van der Waals surface area contributed by atoms with E-state index in [0.717, 1.165) is 70.6 Å². The van der Waals surface area contributed by atoms with Crippen molar-refractivity contribution >= 4 is 17.9 Å². The van der Waals surface area contributed by atoms with Crippen LogP contribution in [0.5, 0.6) is 0 Å². The topological polar surface area (TPSA) is 99.1 Å². The zero-order valence-electron chi connectivity index (χ0n) is 42.9. The van der Waals surface area contributed by atoms with Gasteiger partial charge in [0.15, 0.2) is 12.1 Å². The first-order valence-electron chi connectivity index (χ1n) is 26.8. The van der Waals surface area contributed by atoms with Crippen LogP contribution in [0.3, 0.4) is 0 Å². The minimum Gasteiger partial charge on any atom is -0.477 e. The summed E-state index contributed by atoms with van der Waals surface area (Å²) in [5.74, 6) is -1.47. The highest BCUT2D eigenvalue weighted by Crippen LogP contribution is 2.15. The Morgan fingerprint density at radius 1 is 0.477 bits per heavy atom. The van der Waals surface area contributed by atoms with Gasteiger partial charge in [0.1, 0.15) is 6.61 Å². The number of rotatable bonds is 48. The molecular formula is C57H102NO7+. The van der Waals surface area contributed by atoms with Gasteiger partial charge in [0.05, 0.1) is 34.4 Å². The molecule has 2 atom stereocenters. The molecule has 2 unspecified atom stereocenters. The van der Waals surface area contributed by atoms with Crippen LogP contribution in [0.15, 0.2) is 60.8 Å². The molecule has 8 nitrogen and oxygen atoms in total. The van der Waals surface area contributed by atoms with Gasteiger partial charge in [-0.25, -0.2) is 4.79 Å². The fourth-order valence-corrected chi connectivity index (χ4v) is 7.78. The maximum atomic E-state index is 12.8. The number of aliphatic carboxylic acids is 1. The molecule has 1 N–H and O–H groups in total. The summed E-state index contributed by atoms with van der Waals surface area (Å²) in [5.41, 5.74) is 0. The molecule has 0 spiro atoms. The third-order valence-electron chi connectivity index (χ3n) is 11.9. The lowest BCUT2D eigenvalue weighted by Crippen LogP contribution is -2.50. The van der Waals surface area contributed by atoms with Crippen molar-refractivity contribution in [2.24, 2.45) is 0 Å². The summed E-state index contributed by atoms with van der Waals surface area (Å²) in [5, 5.41) is 9.66. The van der Waals surface area contributed by atoms with Crippen molar-refractivity contribution in [3.63, 3.8) is 0 Å². The number of hydrogen-bond acceptors (Lipinski definition) is 6. The van der Waals surface area contributed by atoms with E-state index >= 15 is 0 Å². The summed E-state index contributed by atoms with van der Waals surface area (Å²) in [6, 6.07) is -0.619. The molecule has 0 heterocycles. The van der Waals surface area contributed by atoms with E-state index in [1.165, 1.54) is 128 Å². The van der Waals surface area contributed by atoms with E-state index in [9.17, 15) is 19.5 Å². The molecule has 0 bridgehead atoms. The predicted octanol–water partition coefficient (Wildman–Crippen LogP) is 15.7. The summed E-state index contributed by atoms with van der Waals surface area (Å²) < 4.78 is 17.4. The average molecular weight is 913 g/mol. The number of likely N-dealkylation sites (N-methyl/N-ethyl adjacent to an activating group) is 1. The fourth-order valence-electron chi connectivity index (χ4n) is 7.78. The molecule has 8 heteroatoms. The maximum Gasteiger partial charge on any atom is 0.362 e. The molecule has 0 rings (SSSR count). The van der Waals surface area contributed by atoms with Crippen LogP contribution >= 0.6 is 0 Å². The van der Waals surface area contributed by atoms with E-state index < -0.39 is 18.1 Å². The summed E-state index contributed by atoms with van der Waals surface area (Å²) in [7, 11) is 5.54. The predicted molar refractivity (Wildman–Crippen MR) is 275 cm³/mol. The third-order valence-corrected chi connectivity index (χ3v) is 11.9. The van der Waals surface area contributed by atoms with Crippen molar-refractivity contribution in [1.82, 2.24) is 0 Å². The quantitative estimate of drug-likeness (QED) is 0.0281. The Balaban J connectivity index is 4.24. The lowest BCUT2D eigenvalue weighted by atomic mass is 10.1. The maximum absolute atomic E-state index is 12.8. The van der Waals surface area contributed by atoms with E-state index in [1.54, 1.807) is 0 Å². The largest absolute Gasteiger partial charge is 0.477 e. The Morgan fingerprint density at radius 3 is 1.29 bits per heavy atom. The van der Waals surface area contributed by atoms with Crippen molar-refractivity contribution in [3.05, 3.63) is 60.8 Å². The summed E-state index contributed by atoms with van der Waals surface area (Å²) in [4.78, 5) is 37.2. The zero-order valence-corrected chi connectivity index (χ0v) is 42.9. The molecule has 0 aliphatic rings. The second-order valence-corrected chi connectivity index (χ2v) is 19.1. The van der Waals surface area contributed by atoms with Crippen molar-refractivity contribution in [2.75, 3.05) is 41.0 Å². The van der Waals surface area contributed by atoms with Gasteiger partial charge in [0.2, 0.25) is 0 Å². The Hall–Kier alpha value is -2.97. The summed E-state index contributed by atoms with van der Waals surface area (Å²) in [6.45, 7) is 4.64. The lowest BCUT2D eigenvalue weighted by molar-refractivity contribution is -0.887. The highest BCUT2D eigenvalue weighted by Gasteiger charge is 2.31. The Kier molecular flexibility index (Phi) is 45.3. The van der Waals surface area contributed by atoms with Crippen molar-refractivity contribution < 1.29 is 38.2 Å². The number of esters is 2. The van der Waals surface area contributed by atoms with Crippen LogP contribution in [-0.2, 0) is 28.6 Å². The van der Waals surface area contributed by atoms with Crippen LogP contribution < -0.4 is 0 Å². The monoisotopic (exact) mass is 913 g/mol. The van der Waals surface area contributed by atoms with Gasteiger partial charge in [-0.05, 0) is 77.0 Å². The molecule has 65 heavy (non-hydrogen) atoms. The second-order valence-electron chi connectivity index (χ2n) is 19.1. The number of ether oxygens (including phenoxy) is 3. The van der Waals surface area contributed by atoms with Crippen LogP contribution in [0.25, 0.3) is 0 Å².